The van der Waals surface area contributed by atoms with Crippen molar-refractivity contribution in [2.45, 2.75) is 25.8 Å². The number of nitrogens with two attached hydrogens (primary N) is 1. The van der Waals surface area contributed by atoms with Crippen LogP contribution in [0.15, 0.2) is 23.2 Å². The summed E-state index contributed by atoms with van der Waals surface area (Å²) in [5.41, 5.74) is 6.64. The van der Waals surface area contributed by atoms with Gasteiger partial charge in [-0.25, -0.2) is 0 Å². The molecule has 0 aromatic heterocycles. The van der Waals surface area contributed by atoms with Crippen molar-refractivity contribution in [3.63, 3.8) is 0 Å². The molecule has 98 valence electrons. The fourth-order valence-electron chi connectivity index (χ4n) is 2.38. The molecule has 1 aliphatic rings. The van der Waals surface area contributed by atoms with Crippen molar-refractivity contribution in [3.8, 4) is 0 Å². The lowest BCUT2D eigenvalue weighted by Gasteiger charge is -2.37. The summed E-state index contributed by atoms with van der Waals surface area (Å²) in [5, 5.41) is 1.38. The van der Waals surface area contributed by atoms with Gasteiger partial charge in [0.2, 0.25) is 0 Å². The number of rotatable bonds is 3. The first-order chi connectivity index (χ1) is 8.49. The summed E-state index contributed by atoms with van der Waals surface area (Å²) >= 11 is 12.4. The molecule has 3 nitrogen and oxygen atoms in total. The van der Waals surface area contributed by atoms with Gasteiger partial charge < -0.3 is 10.6 Å². The SMILES string of the molecule is CCCN1C(N)=NCC1(C)c1cc(Cl)ccc1Cl. The zero-order valence-electron chi connectivity index (χ0n) is 10.6. The molecule has 0 spiro atoms. The average molecular weight is 286 g/mol. The Hall–Kier alpha value is -0.930. The summed E-state index contributed by atoms with van der Waals surface area (Å²) in [6, 6.07) is 5.52. The van der Waals surface area contributed by atoms with E-state index in [1.54, 1.807) is 6.07 Å². The van der Waals surface area contributed by atoms with Crippen molar-refractivity contribution in [1.82, 2.24) is 4.90 Å². The molecule has 0 aliphatic carbocycles. The van der Waals surface area contributed by atoms with Crippen LogP contribution in [0.2, 0.25) is 10.0 Å². The molecule has 5 heteroatoms. The lowest BCUT2D eigenvalue weighted by atomic mass is 9.91. The van der Waals surface area contributed by atoms with Crippen LogP contribution in [0.25, 0.3) is 0 Å². The average Bonchev–Trinajstić information content (AvgIpc) is 2.62. The van der Waals surface area contributed by atoms with E-state index in [2.05, 4.69) is 23.7 Å². The number of hydrogen-bond donors (Lipinski definition) is 1. The van der Waals surface area contributed by atoms with Crippen LogP contribution >= 0.6 is 23.2 Å². The van der Waals surface area contributed by atoms with Crippen molar-refractivity contribution in [2.75, 3.05) is 13.1 Å². The summed E-state index contributed by atoms with van der Waals surface area (Å²) in [4.78, 5) is 6.46. The zero-order chi connectivity index (χ0) is 13.3. The van der Waals surface area contributed by atoms with E-state index in [-0.39, 0.29) is 5.54 Å². The molecule has 1 aromatic carbocycles. The number of guanidine groups is 1. The molecule has 18 heavy (non-hydrogen) atoms. The van der Waals surface area contributed by atoms with Gasteiger partial charge in [0, 0.05) is 16.6 Å². The first-order valence-electron chi connectivity index (χ1n) is 6.02. The van der Waals surface area contributed by atoms with Crippen molar-refractivity contribution < 1.29 is 0 Å². The summed E-state index contributed by atoms with van der Waals surface area (Å²) in [5.74, 6) is 0.579. The molecular weight excluding hydrogens is 269 g/mol. The van der Waals surface area contributed by atoms with Gasteiger partial charge in [-0.3, -0.25) is 4.99 Å². The normalized spacial score (nSPS) is 23.3. The highest BCUT2D eigenvalue weighted by molar-refractivity contribution is 6.33. The second-order valence-corrected chi connectivity index (χ2v) is 5.57. The molecule has 1 heterocycles. The van der Waals surface area contributed by atoms with E-state index in [1.165, 1.54) is 0 Å². The van der Waals surface area contributed by atoms with Crippen molar-refractivity contribution in [1.29, 1.82) is 0 Å². The molecular formula is C13H17Cl2N3. The Bertz CT molecular complexity index is 487. The highest BCUT2D eigenvalue weighted by Gasteiger charge is 2.40. The zero-order valence-corrected chi connectivity index (χ0v) is 12.1. The van der Waals surface area contributed by atoms with Crippen LogP contribution in [0.3, 0.4) is 0 Å². The fraction of sp³-hybridized carbons (Fsp3) is 0.462. The Morgan fingerprint density at radius 2 is 2.17 bits per heavy atom. The fourth-order valence-corrected chi connectivity index (χ4v) is 2.88. The maximum atomic E-state index is 6.30. The van der Waals surface area contributed by atoms with E-state index >= 15 is 0 Å². The third kappa shape index (κ3) is 2.17. The second kappa shape index (κ2) is 4.98. The first kappa shape index (κ1) is 13.5. The van der Waals surface area contributed by atoms with Gasteiger partial charge in [0.15, 0.2) is 5.96 Å². The maximum absolute atomic E-state index is 6.30. The van der Waals surface area contributed by atoms with E-state index in [0.717, 1.165) is 18.5 Å². The monoisotopic (exact) mass is 285 g/mol. The van der Waals surface area contributed by atoms with Gasteiger partial charge in [0.05, 0.1) is 12.1 Å². The molecule has 2 N–H and O–H groups in total. The number of halogens is 2. The van der Waals surface area contributed by atoms with Crippen LogP contribution in [0.4, 0.5) is 0 Å². The van der Waals surface area contributed by atoms with Crippen LogP contribution in [0.5, 0.6) is 0 Å². The van der Waals surface area contributed by atoms with Crippen LogP contribution in [0, 0.1) is 0 Å². The van der Waals surface area contributed by atoms with Crippen LogP contribution < -0.4 is 5.73 Å². The van der Waals surface area contributed by atoms with Gasteiger partial charge in [-0.2, -0.15) is 0 Å². The van der Waals surface area contributed by atoms with Crippen LogP contribution in [0.1, 0.15) is 25.8 Å². The number of nitrogens with zero attached hydrogens (tertiary/aromatic N) is 2. The highest BCUT2D eigenvalue weighted by atomic mass is 35.5. The maximum Gasteiger partial charge on any atom is 0.192 e. The highest BCUT2D eigenvalue weighted by Crippen LogP contribution is 2.38. The molecule has 0 radical (unpaired) electrons. The Labute approximate surface area is 118 Å². The predicted octanol–water partition coefficient (Wildman–Crippen LogP) is 3.25. The number of hydrogen-bond acceptors (Lipinski definition) is 3. The van der Waals surface area contributed by atoms with Crippen molar-refractivity contribution >= 4 is 29.2 Å². The van der Waals surface area contributed by atoms with Gasteiger partial charge >= 0.3 is 0 Å². The minimum Gasteiger partial charge on any atom is -0.370 e. The molecule has 0 saturated heterocycles. The standard InChI is InChI=1S/C13H17Cl2N3/c1-3-6-18-12(16)17-8-13(18,2)10-7-9(14)4-5-11(10)15/h4-5,7H,3,6,8H2,1-2H3,(H2,16,17). The van der Waals surface area contributed by atoms with Gasteiger partial charge in [-0.15, -0.1) is 0 Å². The van der Waals surface area contributed by atoms with Gasteiger partial charge in [-0.1, -0.05) is 30.1 Å². The Balaban J connectivity index is 2.45. The molecule has 1 unspecified atom stereocenters. The Morgan fingerprint density at radius 1 is 1.44 bits per heavy atom. The molecule has 0 amide bonds. The van der Waals surface area contributed by atoms with Crippen molar-refractivity contribution in [3.05, 3.63) is 33.8 Å². The largest absolute Gasteiger partial charge is 0.370 e. The summed E-state index contributed by atoms with van der Waals surface area (Å²) in [7, 11) is 0. The minimum atomic E-state index is -0.303. The lowest BCUT2D eigenvalue weighted by molar-refractivity contribution is 0.225. The van der Waals surface area contributed by atoms with Gasteiger partial charge in [-0.05, 0) is 37.1 Å². The predicted molar refractivity (Wildman–Crippen MR) is 77.3 cm³/mol. The second-order valence-electron chi connectivity index (χ2n) is 4.72. The number of benzene rings is 1. The van der Waals surface area contributed by atoms with Gasteiger partial charge in [0.25, 0.3) is 0 Å². The molecule has 0 bridgehead atoms. The van der Waals surface area contributed by atoms with E-state index in [4.69, 9.17) is 28.9 Å². The van der Waals surface area contributed by atoms with Crippen molar-refractivity contribution in [2.24, 2.45) is 10.7 Å². The summed E-state index contributed by atoms with van der Waals surface area (Å²) in [6.45, 7) is 5.68. The Kier molecular flexibility index (Phi) is 3.74. The molecule has 1 aliphatic heterocycles. The molecule has 1 atom stereocenters. The topological polar surface area (TPSA) is 41.6 Å². The van der Waals surface area contributed by atoms with Crippen LogP contribution in [-0.4, -0.2) is 23.9 Å². The summed E-state index contributed by atoms with van der Waals surface area (Å²) < 4.78 is 0. The molecule has 0 saturated carbocycles. The van der Waals surface area contributed by atoms with Crippen LogP contribution in [-0.2, 0) is 5.54 Å². The van der Waals surface area contributed by atoms with E-state index in [0.29, 0.717) is 22.5 Å². The molecule has 0 fully saturated rings. The third-order valence-electron chi connectivity index (χ3n) is 3.38. The Morgan fingerprint density at radius 3 is 2.83 bits per heavy atom. The summed E-state index contributed by atoms with van der Waals surface area (Å²) in [6.07, 6.45) is 1.00. The van der Waals surface area contributed by atoms with E-state index < -0.39 is 0 Å². The number of aliphatic imine (C=N–C) groups is 1. The lowest BCUT2D eigenvalue weighted by Crippen LogP contribution is -2.47. The molecule has 1 aromatic rings. The van der Waals surface area contributed by atoms with Gasteiger partial charge in [0.1, 0.15) is 0 Å². The quantitative estimate of drug-likeness (QED) is 0.926. The van der Waals surface area contributed by atoms with E-state index in [9.17, 15) is 0 Å². The minimum absolute atomic E-state index is 0.303. The van der Waals surface area contributed by atoms with E-state index in [1.807, 2.05) is 12.1 Å². The third-order valence-corrected chi connectivity index (χ3v) is 3.94. The first-order valence-corrected chi connectivity index (χ1v) is 6.77. The molecule has 2 rings (SSSR count). The smallest absolute Gasteiger partial charge is 0.192 e.